The number of pyridine rings is 1. The van der Waals surface area contributed by atoms with Crippen LogP contribution in [-0.4, -0.2) is 198 Å². The highest BCUT2D eigenvalue weighted by Crippen LogP contribution is 2.43. The molecule has 5 heterocycles. The number of esters is 1. The minimum Gasteiger partial charge on any atom is -0.477 e. The number of benzene rings is 1. The largest absolute Gasteiger partial charge is 0.477 e. The molecule has 3 fully saturated rings. The fourth-order valence-electron chi connectivity index (χ4n) is 12.5. The maximum atomic E-state index is 14.6. The van der Waals surface area contributed by atoms with E-state index in [0.717, 1.165) is 28.8 Å². The summed E-state index contributed by atoms with van der Waals surface area (Å²) in [6.45, 7) is 21.2. The van der Waals surface area contributed by atoms with E-state index in [1.54, 1.807) is 46.6 Å². The number of hydrogen-bond acceptors (Lipinski definition) is 18. The van der Waals surface area contributed by atoms with Gasteiger partial charge in [-0.3, -0.25) is 14.4 Å². The zero-order valence-electron chi connectivity index (χ0n) is 48.5. The molecule has 0 bridgehead atoms. The van der Waals surface area contributed by atoms with Gasteiger partial charge in [-0.1, -0.05) is 27.7 Å². The molecular weight excluding hydrogens is 1010 g/mol. The fraction of sp³-hybridized carbons (Fsp3) is 0.789. The molecule has 436 valence electrons. The van der Waals surface area contributed by atoms with Crippen molar-refractivity contribution >= 4 is 40.4 Å². The topological polar surface area (TPSA) is 234 Å². The highest BCUT2D eigenvalue weighted by molar-refractivity contribution is 7.99. The molecule has 1 aromatic carbocycles. The Labute approximate surface area is 459 Å². The Bertz CT molecular complexity index is 2420. The number of rotatable bonds is 17. The number of aromatic nitrogens is 1. The van der Waals surface area contributed by atoms with Crippen molar-refractivity contribution in [1.82, 2.24) is 14.4 Å². The Hall–Kier alpha value is -3.09. The summed E-state index contributed by atoms with van der Waals surface area (Å²) in [4.78, 5) is 59.2. The highest BCUT2D eigenvalue weighted by Gasteiger charge is 2.54. The number of ketones is 1. The van der Waals surface area contributed by atoms with Crippen LogP contribution in [0.4, 0.5) is 0 Å². The molecule has 4 N–H and O–H groups in total. The number of carbonyl (C=O) groups is 3. The van der Waals surface area contributed by atoms with Gasteiger partial charge in [0.15, 0.2) is 12.6 Å². The molecule has 2 aromatic rings. The summed E-state index contributed by atoms with van der Waals surface area (Å²) in [5.74, 6) is -5.14. The molecule has 19 atom stereocenters. The SMILES string of the molecule is CC[C@H]1OC(=O)C(C)[C@@H](O[C@H]2C[C@@](C)(OC)[C@@H](OCCN(C)CCSc3cc4c5c(c3)c(=O)c(C(=O)O)cn5C(C)CC4)C(C)O2)[C@H](C)[C@@H](O[C@@H]2OC(C)CC(N(C)C)[C@H]2O)[C@](C)(OC)C[C@@H](C)C(=O)[C@H](C)[C@@H](O)[C@]1(C)O. The minimum absolute atomic E-state index is 0.0848. The summed E-state index contributed by atoms with van der Waals surface area (Å²) in [5.41, 5.74) is -3.06. The maximum absolute atomic E-state index is 14.6. The molecule has 1 aromatic heterocycles. The lowest BCUT2D eigenvalue weighted by Gasteiger charge is -2.50. The van der Waals surface area contributed by atoms with Crippen LogP contribution in [0.15, 0.2) is 28.0 Å². The van der Waals surface area contributed by atoms with Crippen LogP contribution >= 0.6 is 11.8 Å². The van der Waals surface area contributed by atoms with Crippen LogP contribution in [0.25, 0.3) is 10.9 Å². The molecule has 0 saturated carbocycles. The Morgan fingerprint density at radius 3 is 2.18 bits per heavy atom. The van der Waals surface area contributed by atoms with Gasteiger partial charge in [-0.15, -0.1) is 11.8 Å². The van der Waals surface area contributed by atoms with Gasteiger partial charge in [0.2, 0.25) is 5.43 Å². The summed E-state index contributed by atoms with van der Waals surface area (Å²) in [7, 11) is 8.90. The van der Waals surface area contributed by atoms with E-state index in [9.17, 15) is 39.6 Å². The third-order valence-corrected chi connectivity index (χ3v) is 18.4. The molecule has 6 rings (SSSR count). The number of methoxy groups -OCH3 is 2. The lowest BCUT2D eigenvalue weighted by Crippen LogP contribution is -2.61. The smallest absolute Gasteiger partial charge is 0.341 e. The van der Waals surface area contributed by atoms with Gasteiger partial charge in [0.1, 0.15) is 35.3 Å². The molecule has 0 radical (unpaired) electrons. The Morgan fingerprint density at radius 2 is 1.56 bits per heavy atom. The van der Waals surface area contributed by atoms with Crippen molar-refractivity contribution in [3.8, 4) is 0 Å². The number of hydrogen-bond donors (Lipinski definition) is 4. The van der Waals surface area contributed by atoms with Gasteiger partial charge in [0, 0.05) is 85.8 Å². The van der Waals surface area contributed by atoms with Crippen LogP contribution in [0, 0.1) is 23.7 Å². The maximum Gasteiger partial charge on any atom is 0.341 e. The molecule has 77 heavy (non-hydrogen) atoms. The van der Waals surface area contributed by atoms with Gasteiger partial charge in [-0.2, -0.15) is 0 Å². The second-order valence-corrected chi connectivity index (χ2v) is 24.7. The minimum atomic E-state index is -2.00. The predicted molar refractivity (Wildman–Crippen MR) is 291 cm³/mol. The Balaban J connectivity index is 1.21. The van der Waals surface area contributed by atoms with E-state index in [1.165, 1.54) is 20.2 Å². The van der Waals surface area contributed by atoms with Crippen molar-refractivity contribution in [1.29, 1.82) is 0 Å². The molecule has 4 aliphatic heterocycles. The second-order valence-electron chi connectivity index (χ2n) is 23.6. The normalized spacial score (nSPS) is 38.7. The highest BCUT2D eigenvalue weighted by atomic mass is 32.2. The number of cyclic esters (lactones) is 1. The van der Waals surface area contributed by atoms with Gasteiger partial charge in [0.25, 0.3) is 0 Å². The first kappa shape index (κ1) is 63.1. The first-order valence-corrected chi connectivity index (χ1v) is 28.6. The number of ether oxygens (including phenoxy) is 8. The molecule has 3 saturated heterocycles. The van der Waals surface area contributed by atoms with Crippen LogP contribution in [0.3, 0.4) is 0 Å². The number of aryl methyl sites for hydroxylation is 1. The number of aliphatic hydroxyl groups excluding tert-OH is 2. The van der Waals surface area contributed by atoms with Gasteiger partial charge in [-0.05, 0) is 119 Å². The van der Waals surface area contributed by atoms with Gasteiger partial charge >= 0.3 is 11.9 Å². The van der Waals surface area contributed by atoms with E-state index in [2.05, 4.69) is 11.0 Å². The second kappa shape index (κ2) is 25.8. The summed E-state index contributed by atoms with van der Waals surface area (Å²) in [6, 6.07) is 3.71. The van der Waals surface area contributed by atoms with Crippen LogP contribution in [0.2, 0.25) is 0 Å². The van der Waals surface area contributed by atoms with E-state index >= 15 is 0 Å². The van der Waals surface area contributed by atoms with Crippen molar-refractivity contribution in [2.45, 2.75) is 210 Å². The van der Waals surface area contributed by atoms with Crippen LogP contribution in [0.1, 0.15) is 130 Å². The van der Waals surface area contributed by atoms with E-state index in [0.29, 0.717) is 37.3 Å². The van der Waals surface area contributed by atoms with E-state index < -0.39 is 113 Å². The van der Waals surface area contributed by atoms with Gasteiger partial charge in [0.05, 0.1) is 59.8 Å². The van der Waals surface area contributed by atoms with Crippen LogP contribution in [-0.2, 0) is 53.9 Å². The van der Waals surface area contributed by atoms with Crippen molar-refractivity contribution in [3.63, 3.8) is 0 Å². The van der Waals surface area contributed by atoms with Crippen molar-refractivity contribution in [2.24, 2.45) is 23.7 Å². The summed E-state index contributed by atoms with van der Waals surface area (Å²) in [5, 5.41) is 45.6. The number of carboxylic acid groups (broad SMARTS) is 1. The molecule has 19 nitrogen and oxygen atoms in total. The van der Waals surface area contributed by atoms with E-state index in [4.69, 9.17) is 37.9 Å². The molecule has 4 aliphatic rings. The predicted octanol–water partition coefficient (Wildman–Crippen LogP) is 5.71. The van der Waals surface area contributed by atoms with Crippen molar-refractivity contribution in [2.75, 3.05) is 60.8 Å². The summed E-state index contributed by atoms with van der Waals surface area (Å²) in [6.07, 6.45) is -5.32. The van der Waals surface area contributed by atoms with Crippen LogP contribution < -0.4 is 5.43 Å². The fourth-order valence-corrected chi connectivity index (χ4v) is 13.5. The molecule has 0 amide bonds. The van der Waals surface area contributed by atoms with Crippen molar-refractivity contribution < 1.29 is 72.7 Å². The molecule has 0 aliphatic carbocycles. The number of aliphatic hydroxyl groups is 3. The third-order valence-electron chi connectivity index (χ3n) is 17.5. The zero-order valence-corrected chi connectivity index (χ0v) is 49.3. The third kappa shape index (κ3) is 13.6. The Morgan fingerprint density at radius 1 is 0.896 bits per heavy atom. The molecule has 20 heteroatoms. The first-order chi connectivity index (χ1) is 36.0. The first-order valence-electron chi connectivity index (χ1n) is 27.6. The molecule has 5 unspecified atom stereocenters. The zero-order chi connectivity index (χ0) is 57.2. The molecule has 0 spiro atoms. The number of thioether (sulfide) groups is 1. The van der Waals surface area contributed by atoms with Gasteiger partial charge < -0.3 is 72.7 Å². The number of Topliss-reactive ketones (excluding diaryl/α,β-unsaturated/α-hetero) is 1. The lowest BCUT2D eigenvalue weighted by molar-refractivity contribution is -0.322. The van der Waals surface area contributed by atoms with Crippen molar-refractivity contribution in [3.05, 3.63) is 39.7 Å². The number of aromatic carboxylic acids is 1. The summed E-state index contributed by atoms with van der Waals surface area (Å²) >= 11 is 1.62. The number of carbonyl (C=O) groups excluding carboxylic acids is 2. The lowest BCUT2D eigenvalue weighted by atomic mass is 9.74. The van der Waals surface area contributed by atoms with Crippen LogP contribution in [0.5, 0.6) is 0 Å². The summed E-state index contributed by atoms with van der Waals surface area (Å²) < 4.78 is 54.3. The quantitative estimate of drug-likeness (QED) is 0.110. The number of likely N-dealkylation sites (N-methyl/N-ethyl adjacent to an activating group) is 2. The standard InChI is InChI=1S/C57H91N3O16S/c1-17-42-57(11,68)49(64)33(5)45(61)30(2)27-55(9,69-15)50(76-54-47(63)41(58(12)13)24-32(4)72-54)34(6)48(35(7)53(67)74-42)75-43-28-56(10,70-16)51(36(8)73-43)71-22-20-59(14)21-23-77-38-25-37-19-18-31(3)60-29-40(52(65)66)46(62)39(26-38)44(37)60/h25-26,29-36,41-43,47-51,54,63-64,68H,17-24,27-28H2,1-16H3,(H,65,66)/t30-,31?,32?,33+,34+,35?,36?,41?,42-,43+,47-,48+,49-,50-,51+,54+,55-,56-,57-/m1/s1. The van der Waals surface area contributed by atoms with E-state index in [1.807, 2.05) is 78.2 Å². The Kier molecular flexibility index (Phi) is 21.1. The molecular formula is C57H91N3O16S. The number of carboxylic acids is 1. The van der Waals surface area contributed by atoms with Gasteiger partial charge in [-0.25, -0.2) is 4.79 Å². The van der Waals surface area contributed by atoms with E-state index in [-0.39, 0.29) is 48.8 Å². The number of nitrogens with zero attached hydrogens (tertiary/aromatic N) is 3. The average molecular weight is 1110 g/mol. The average Bonchev–Trinajstić information content (AvgIpc) is 3.38. The monoisotopic (exact) mass is 1110 g/mol.